The summed E-state index contributed by atoms with van der Waals surface area (Å²) < 4.78 is 3.22. The van der Waals surface area contributed by atoms with Gasteiger partial charge in [0.15, 0.2) is 0 Å². The molecule has 0 fully saturated rings. The number of halogens is 2. The van der Waals surface area contributed by atoms with E-state index in [4.69, 9.17) is 23.2 Å². The van der Waals surface area contributed by atoms with Gasteiger partial charge in [0.2, 0.25) is 0 Å². The SMILES string of the molecule is O=C(O)c1cc(C2=CN=C([C@@H]3CCc4c(Cl)c(-c5cc(Cl)ccc5-n5cnnn5)cc(=O)n43)C2)cs1. The Labute approximate surface area is 217 Å². The molecule has 0 saturated heterocycles. The molecular formula is C24H16Cl2N6O3S. The third kappa shape index (κ3) is 3.78. The molecule has 180 valence electrons. The normalized spacial score (nSPS) is 16.7. The van der Waals surface area contributed by atoms with E-state index in [1.54, 1.807) is 35.0 Å². The number of carboxylic acid groups (broad SMARTS) is 1. The van der Waals surface area contributed by atoms with Gasteiger partial charge in [-0.3, -0.25) is 9.79 Å². The molecule has 1 atom stereocenters. The second-order valence-electron chi connectivity index (χ2n) is 8.45. The summed E-state index contributed by atoms with van der Waals surface area (Å²) in [7, 11) is 0. The van der Waals surface area contributed by atoms with Crippen molar-refractivity contribution >= 4 is 51.8 Å². The number of carbonyl (C=O) groups is 1. The van der Waals surface area contributed by atoms with Crippen molar-refractivity contribution in [3.63, 3.8) is 0 Å². The van der Waals surface area contributed by atoms with Crippen LogP contribution in [0, 0.1) is 0 Å². The minimum absolute atomic E-state index is 0.186. The third-order valence-electron chi connectivity index (χ3n) is 6.42. The number of hydrogen-bond acceptors (Lipinski definition) is 7. The number of allylic oxidation sites excluding steroid dienone is 1. The van der Waals surface area contributed by atoms with Gasteiger partial charge in [-0.05, 0) is 64.1 Å². The molecule has 2 aliphatic rings. The number of nitrogens with zero attached hydrogens (tertiary/aromatic N) is 6. The number of rotatable bonds is 5. The first kappa shape index (κ1) is 22.8. The lowest BCUT2D eigenvalue weighted by Crippen LogP contribution is -2.27. The smallest absolute Gasteiger partial charge is 0.345 e. The molecule has 0 saturated carbocycles. The van der Waals surface area contributed by atoms with Crippen molar-refractivity contribution < 1.29 is 9.90 Å². The lowest BCUT2D eigenvalue weighted by molar-refractivity contribution is 0.0702. The summed E-state index contributed by atoms with van der Waals surface area (Å²) in [4.78, 5) is 29.6. The summed E-state index contributed by atoms with van der Waals surface area (Å²) in [6.07, 6.45) is 5.07. The maximum absolute atomic E-state index is 13.4. The number of thiophene rings is 1. The molecule has 2 aliphatic heterocycles. The van der Waals surface area contributed by atoms with E-state index in [1.165, 1.54) is 28.4 Å². The van der Waals surface area contributed by atoms with E-state index in [-0.39, 0.29) is 16.5 Å². The van der Waals surface area contributed by atoms with Crippen LogP contribution in [-0.4, -0.2) is 41.6 Å². The average molecular weight is 539 g/mol. The van der Waals surface area contributed by atoms with Gasteiger partial charge in [-0.25, -0.2) is 4.79 Å². The molecule has 12 heteroatoms. The molecule has 3 aromatic heterocycles. The van der Waals surface area contributed by atoms with Crippen molar-refractivity contribution in [2.24, 2.45) is 4.99 Å². The van der Waals surface area contributed by atoms with Crippen LogP contribution in [0.1, 0.15) is 39.8 Å². The number of tetrazole rings is 1. The van der Waals surface area contributed by atoms with Crippen LogP contribution in [0.5, 0.6) is 0 Å². The molecule has 4 aromatic rings. The summed E-state index contributed by atoms with van der Waals surface area (Å²) in [5.41, 5.74) is 5.05. The van der Waals surface area contributed by atoms with Crippen LogP contribution < -0.4 is 5.56 Å². The molecule has 0 bridgehead atoms. The second kappa shape index (κ2) is 8.81. The Balaban J connectivity index is 1.35. The van der Waals surface area contributed by atoms with Gasteiger partial charge in [0.1, 0.15) is 11.2 Å². The largest absolute Gasteiger partial charge is 0.477 e. The molecule has 9 nitrogen and oxygen atoms in total. The van der Waals surface area contributed by atoms with Gasteiger partial charge in [0, 0.05) is 46.2 Å². The maximum Gasteiger partial charge on any atom is 0.345 e. The predicted molar refractivity (Wildman–Crippen MR) is 138 cm³/mol. The number of aliphatic imine (C=N–C) groups is 1. The van der Waals surface area contributed by atoms with Crippen LogP contribution in [-0.2, 0) is 6.42 Å². The third-order valence-corrected chi connectivity index (χ3v) is 8.00. The van der Waals surface area contributed by atoms with E-state index < -0.39 is 5.97 Å². The van der Waals surface area contributed by atoms with Crippen molar-refractivity contribution in [2.45, 2.75) is 25.3 Å². The van der Waals surface area contributed by atoms with Gasteiger partial charge in [-0.2, -0.15) is 4.68 Å². The van der Waals surface area contributed by atoms with E-state index in [1.807, 2.05) is 5.38 Å². The van der Waals surface area contributed by atoms with Gasteiger partial charge in [0.25, 0.3) is 5.56 Å². The highest BCUT2D eigenvalue weighted by Crippen LogP contribution is 2.40. The molecule has 0 aliphatic carbocycles. The molecule has 0 spiro atoms. The van der Waals surface area contributed by atoms with E-state index in [0.717, 1.165) is 22.5 Å². The molecule has 5 heterocycles. The summed E-state index contributed by atoms with van der Waals surface area (Å²) in [6.45, 7) is 0. The topological polar surface area (TPSA) is 115 Å². The lowest BCUT2D eigenvalue weighted by Gasteiger charge is -2.18. The monoisotopic (exact) mass is 538 g/mol. The highest BCUT2D eigenvalue weighted by molar-refractivity contribution is 7.12. The Bertz CT molecular complexity index is 1650. The van der Waals surface area contributed by atoms with Crippen molar-refractivity contribution in [2.75, 3.05) is 0 Å². The zero-order valence-corrected chi connectivity index (χ0v) is 20.8. The van der Waals surface area contributed by atoms with Crippen molar-refractivity contribution in [3.8, 4) is 16.8 Å². The Morgan fingerprint density at radius 2 is 2.03 bits per heavy atom. The fraction of sp³-hybridized carbons (Fsp3) is 0.167. The minimum atomic E-state index is -0.948. The quantitative estimate of drug-likeness (QED) is 0.385. The van der Waals surface area contributed by atoms with Crippen LogP contribution in [0.15, 0.2) is 58.0 Å². The molecule has 6 rings (SSSR count). The van der Waals surface area contributed by atoms with Crippen molar-refractivity contribution in [1.29, 1.82) is 0 Å². The van der Waals surface area contributed by atoms with Gasteiger partial charge >= 0.3 is 5.97 Å². The van der Waals surface area contributed by atoms with Crippen LogP contribution in [0.4, 0.5) is 0 Å². The molecule has 0 unspecified atom stereocenters. The molecule has 1 N–H and O–H groups in total. The maximum atomic E-state index is 13.4. The van der Waals surface area contributed by atoms with E-state index in [2.05, 4.69) is 20.5 Å². The number of aromatic nitrogens is 5. The Kier molecular flexibility index (Phi) is 5.59. The number of carboxylic acids is 1. The van der Waals surface area contributed by atoms with Gasteiger partial charge in [0.05, 0.1) is 16.8 Å². The van der Waals surface area contributed by atoms with Crippen molar-refractivity contribution in [3.05, 3.63) is 84.8 Å². The zero-order valence-electron chi connectivity index (χ0n) is 18.4. The minimum Gasteiger partial charge on any atom is -0.477 e. The highest BCUT2D eigenvalue weighted by atomic mass is 35.5. The lowest BCUT2D eigenvalue weighted by atomic mass is 10.0. The summed E-state index contributed by atoms with van der Waals surface area (Å²) in [6, 6.07) is 8.20. The van der Waals surface area contributed by atoms with Crippen LogP contribution in [0.2, 0.25) is 10.0 Å². The first-order valence-corrected chi connectivity index (χ1v) is 12.6. The van der Waals surface area contributed by atoms with Crippen LogP contribution in [0.25, 0.3) is 22.4 Å². The highest BCUT2D eigenvalue weighted by Gasteiger charge is 2.32. The average Bonchev–Trinajstić information content (AvgIpc) is 3.67. The molecule has 36 heavy (non-hydrogen) atoms. The van der Waals surface area contributed by atoms with Crippen LogP contribution in [0.3, 0.4) is 0 Å². The number of pyridine rings is 1. The van der Waals surface area contributed by atoms with Crippen molar-refractivity contribution in [1.82, 2.24) is 24.8 Å². The number of benzene rings is 1. The van der Waals surface area contributed by atoms with Gasteiger partial charge < -0.3 is 9.67 Å². The second-order valence-corrected chi connectivity index (χ2v) is 10.2. The molecule has 0 amide bonds. The fourth-order valence-electron chi connectivity index (χ4n) is 4.78. The standard InChI is InChI=1S/C24H16Cl2N6O3S/c25-14-1-2-18(31-11-28-29-30-31)15(7-14)16-8-22(33)32-19(3-4-20(32)23(16)26)17-5-12(9-27-17)13-6-21(24(34)35)36-10-13/h1-2,6-11,19H,3-5H2,(H,34,35)/t19-/m0/s1. The molecule has 1 aromatic carbocycles. The Morgan fingerprint density at radius 1 is 1.17 bits per heavy atom. The summed E-state index contributed by atoms with van der Waals surface area (Å²) in [5, 5.41) is 23.4. The van der Waals surface area contributed by atoms with Gasteiger partial charge in [-0.15, -0.1) is 16.4 Å². The molecular weight excluding hydrogens is 523 g/mol. The number of aromatic carboxylic acids is 1. The van der Waals surface area contributed by atoms with E-state index in [9.17, 15) is 14.7 Å². The first-order chi connectivity index (χ1) is 17.4. The Morgan fingerprint density at radius 3 is 2.78 bits per heavy atom. The van der Waals surface area contributed by atoms with Gasteiger partial charge in [-0.1, -0.05) is 23.2 Å². The number of hydrogen-bond donors (Lipinski definition) is 1. The van der Waals surface area contributed by atoms with Crippen LogP contribution >= 0.6 is 34.5 Å². The summed E-state index contributed by atoms with van der Waals surface area (Å²) in [5.74, 6) is -0.948. The Hall–Kier alpha value is -3.60. The predicted octanol–water partition coefficient (Wildman–Crippen LogP) is 4.93. The molecule has 0 radical (unpaired) electrons. The van der Waals surface area contributed by atoms with E-state index >= 15 is 0 Å². The zero-order chi connectivity index (χ0) is 25.0. The summed E-state index contributed by atoms with van der Waals surface area (Å²) >= 11 is 14.4. The number of fused-ring (bicyclic) bond motifs is 1. The van der Waals surface area contributed by atoms with E-state index in [0.29, 0.717) is 46.1 Å². The first-order valence-electron chi connectivity index (χ1n) is 11.0. The fourth-order valence-corrected chi connectivity index (χ4v) is 6.06.